The van der Waals surface area contributed by atoms with Crippen molar-refractivity contribution in [2.75, 3.05) is 39.3 Å². The van der Waals surface area contributed by atoms with Crippen LogP contribution in [0.4, 0.5) is 5.69 Å². The molecule has 1 aromatic rings. The van der Waals surface area contributed by atoms with E-state index in [-0.39, 0.29) is 23.4 Å². The van der Waals surface area contributed by atoms with Crippen LogP contribution in [0.25, 0.3) is 0 Å². The number of benzene rings is 1. The highest BCUT2D eigenvalue weighted by Gasteiger charge is 2.83. The van der Waals surface area contributed by atoms with Crippen molar-refractivity contribution in [2.24, 2.45) is 10.8 Å². The second kappa shape index (κ2) is 7.23. The summed E-state index contributed by atoms with van der Waals surface area (Å²) < 4.78 is 17.3. The molecule has 0 N–H and O–H groups in total. The minimum absolute atomic E-state index is 0.0687. The maximum absolute atomic E-state index is 13.9. The minimum Gasteiger partial charge on any atom is -0.497 e. The van der Waals surface area contributed by atoms with Crippen LogP contribution in [0.15, 0.2) is 30.4 Å². The first kappa shape index (κ1) is 23.2. The van der Waals surface area contributed by atoms with E-state index in [2.05, 4.69) is 55.0 Å². The third kappa shape index (κ3) is 2.27. The molecule has 0 amide bonds. The van der Waals surface area contributed by atoms with Gasteiger partial charge in [-0.2, -0.15) is 0 Å². The summed E-state index contributed by atoms with van der Waals surface area (Å²) in [6.07, 6.45) is 5.37. The lowest BCUT2D eigenvalue weighted by Crippen LogP contribution is -2.82. The van der Waals surface area contributed by atoms with E-state index in [9.17, 15) is 9.59 Å². The first-order valence-electron chi connectivity index (χ1n) is 12.2. The van der Waals surface area contributed by atoms with Crippen LogP contribution in [0.2, 0.25) is 0 Å². The van der Waals surface area contributed by atoms with Crippen LogP contribution in [0.3, 0.4) is 0 Å². The van der Waals surface area contributed by atoms with Crippen molar-refractivity contribution < 1.29 is 23.8 Å². The van der Waals surface area contributed by atoms with Crippen LogP contribution in [0.5, 0.6) is 5.75 Å². The van der Waals surface area contributed by atoms with Gasteiger partial charge in [0.15, 0.2) is 0 Å². The van der Waals surface area contributed by atoms with Gasteiger partial charge in [0.2, 0.25) is 0 Å². The molecule has 2 unspecified atom stereocenters. The van der Waals surface area contributed by atoms with Gasteiger partial charge in [-0.1, -0.05) is 25.1 Å². The van der Waals surface area contributed by atoms with Gasteiger partial charge >= 0.3 is 11.9 Å². The standard InChI is InChI=1S/C27H36N2O5/c1-8-26-12-9-14-29-15-13-27(21(26)29)19-11-10-18(32-6)16-20(19)28(5)25(27,4)24(3,23(31)33-7)22(26)34-17(2)30/h9-12,16,21-22H,8,13-15H2,1-7H3/t21?,22-,24+,25-,26+,27?/m0/s1. The zero-order valence-electron chi connectivity index (χ0n) is 21.3. The molecule has 7 nitrogen and oxygen atoms in total. The Bertz CT molecular complexity index is 1090. The fourth-order valence-corrected chi connectivity index (χ4v) is 8.52. The maximum Gasteiger partial charge on any atom is 0.317 e. The average Bonchev–Trinajstić information content (AvgIpc) is 3.33. The van der Waals surface area contributed by atoms with Crippen LogP contribution in [0, 0.1) is 10.8 Å². The van der Waals surface area contributed by atoms with Gasteiger partial charge in [-0.15, -0.1) is 0 Å². The van der Waals surface area contributed by atoms with E-state index < -0.39 is 22.5 Å². The average molecular weight is 469 g/mol. The van der Waals surface area contributed by atoms with Gasteiger partial charge in [-0.3, -0.25) is 14.5 Å². The summed E-state index contributed by atoms with van der Waals surface area (Å²) in [5, 5.41) is 0. The van der Waals surface area contributed by atoms with Crippen LogP contribution in [0.1, 0.15) is 46.1 Å². The number of hydrogen-bond acceptors (Lipinski definition) is 7. The van der Waals surface area contributed by atoms with Gasteiger partial charge in [0, 0.05) is 49.1 Å². The minimum atomic E-state index is -1.14. The predicted molar refractivity (Wildman–Crippen MR) is 129 cm³/mol. The molecule has 1 aliphatic carbocycles. The lowest BCUT2D eigenvalue weighted by molar-refractivity contribution is -0.216. The molecular formula is C27H36N2O5. The van der Waals surface area contributed by atoms with Crippen molar-refractivity contribution in [3.8, 4) is 5.75 Å². The summed E-state index contributed by atoms with van der Waals surface area (Å²) in [5.41, 5.74) is -0.476. The molecule has 5 rings (SSSR count). The summed E-state index contributed by atoms with van der Waals surface area (Å²) in [4.78, 5) is 31.3. The Balaban J connectivity index is 1.92. The molecule has 7 heteroatoms. The highest BCUT2D eigenvalue weighted by Crippen LogP contribution is 2.73. The number of esters is 2. The number of rotatable bonds is 4. The first-order valence-corrected chi connectivity index (χ1v) is 12.2. The van der Waals surface area contributed by atoms with Gasteiger partial charge in [-0.05, 0) is 44.9 Å². The smallest absolute Gasteiger partial charge is 0.317 e. The molecule has 2 fully saturated rings. The lowest BCUT2D eigenvalue weighted by atomic mass is 9.40. The normalized spacial score (nSPS) is 39.8. The zero-order valence-corrected chi connectivity index (χ0v) is 21.3. The third-order valence-electron chi connectivity index (χ3n) is 10.0. The van der Waals surface area contributed by atoms with Crippen molar-refractivity contribution in [2.45, 2.75) is 63.6 Å². The molecule has 34 heavy (non-hydrogen) atoms. The fraction of sp³-hybridized carbons (Fsp3) is 0.630. The summed E-state index contributed by atoms with van der Waals surface area (Å²) in [5.74, 6) is 0.0454. The topological polar surface area (TPSA) is 68.3 Å². The Morgan fingerprint density at radius 1 is 1.21 bits per heavy atom. The molecule has 1 saturated carbocycles. The molecule has 6 atom stereocenters. The molecule has 4 aliphatic rings. The van der Waals surface area contributed by atoms with E-state index in [0.29, 0.717) is 0 Å². The summed E-state index contributed by atoms with van der Waals surface area (Å²) in [7, 11) is 5.16. The van der Waals surface area contributed by atoms with Crippen molar-refractivity contribution in [3.05, 3.63) is 35.9 Å². The third-order valence-corrected chi connectivity index (χ3v) is 10.0. The number of fused-ring (bicyclic) bond motifs is 1. The van der Waals surface area contributed by atoms with Crippen LogP contribution in [-0.4, -0.2) is 68.9 Å². The van der Waals surface area contributed by atoms with Crippen LogP contribution in [-0.2, 0) is 24.5 Å². The zero-order chi connectivity index (χ0) is 24.7. The Morgan fingerprint density at radius 2 is 1.94 bits per heavy atom. The quantitative estimate of drug-likeness (QED) is 0.496. The second-order valence-electron chi connectivity index (χ2n) is 10.7. The molecule has 3 heterocycles. The largest absolute Gasteiger partial charge is 0.497 e. The highest BCUT2D eigenvalue weighted by molar-refractivity contribution is 5.86. The summed E-state index contributed by atoms with van der Waals surface area (Å²) in [6.45, 7) is 9.46. The monoisotopic (exact) mass is 468 g/mol. The van der Waals surface area contributed by atoms with E-state index >= 15 is 0 Å². The maximum atomic E-state index is 13.9. The van der Waals surface area contributed by atoms with E-state index in [4.69, 9.17) is 14.2 Å². The first-order chi connectivity index (χ1) is 16.1. The molecule has 3 aliphatic heterocycles. The molecule has 1 aromatic carbocycles. The van der Waals surface area contributed by atoms with Crippen molar-refractivity contribution in [1.82, 2.24) is 4.90 Å². The number of methoxy groups -OCH3 is 2. The van der Waals surface area contributed by atoms with Gasteiger partial charge in [0.05, 0.1) is 19.8 Å². The molecule has 1 spiro atoms. The molecule has 0 bridgehead atoms. The van der Waals surface area contributed by atoms with Gasteiger partial charge < -0.3 is 19.1 Å². The van der Waals surface area contributed by atoms with Gasteiger partial charge in [-0.25, -0.2) is 0 Å². The summed E-state index contributed by atoms with van der Waals surface area (Å²) >= 11 is 0. The molecule has 0 aromatic heterocycles. The van der Waals surface area contributed by atoms with Crippen molar-refractivity contribution in [3.63, 3.8) is 0 Å². The van der Waals surface area contributed by atoms with Crippen LogP contribution < -0.4 is 9.64 Å². The lowest BCUT2D eigenvalue weighted by Gasteiger charge is -2.69. The molecule has 0 radical (unpaired) electrons. The number of nitrogens with zero attached hydrogens (tertiary/aromatic N) is 2. The van der Waals surface area contributed by atoms with Crippen molar-refractivity contribution >= 4 is 17.6 Å². The Kier molecular flexibility index (Phi) is 4.94. The fourth-order valence-electron chi connectivity index (χ4n) is 8.52. The number of carbonyl (C=O) groups is 2. The van der Waals surface area contributed by atoms with E-state index in [1.54, 1.807) is 7.11 Å². The number of likely N-dealkylation sites (N-methyl/N-ethyl adjacent to an activating group) is 1. The van der Waals surface area contributed by atoms with E-state index in [0.717, 1.165) is 37.4 Å². The van der Waals surface area contributed by atoms with Crippen molar-refractivity contribution in [1.29, 1.82) is 0 Å². The highest BCUT2D eigenvalue weighted by atomic mass is 16.6. The van der Waals surface area contributed by atoms with E-state index in [1.807, 2.05) is 13.0 Å². The Morgan fingerprint density at radius 3 is 2.56 bits per heavy atom. The summed E-state index contributed by atoms with van der Waals surface area (Å²) in [6, 6.07) is 6.35. The molecular weight excluding hydrogens is 432 g/mol. The molecule has 184 valence electrons. The number of hydrogen-bond donors (Lipinski definition) is 0. The number of carbonyl (C=O) groups excluding carboxylic acids is 2. The molecule has 1 saturated heterocycles. The van der Waals surface area contributed by atoms with Crippen LogP contribution >= 0.6 is 0 Å². The predicted octanol–water partition coefficient (Wildman–Crippen LogP) is 3.31. The second-order valence-corrected chi connectivity index (χ2v) is 10.7. The van der Waals surface area contributed by atoms with Gasteiger partial charge in [0.1, 0.15) is 17.3 Å². The Labute approximate surface area is 202 Å². The van der Waals surface area contributed by atoms with E-state index in [1.165, 1.54) is 19.6 Å². The number of anilines is 1. The number of ether oxygens (including phenoxy) is 3. The SMILES string of the molecule is CC[C@]12C=CCN3CCC4(c5ccc(OC)cc5N(C)[C@@]4(C)[C@@](C)(C(=O)OC)[C@@H]1OC(C)=O)C32. The van der Waals surface area contributed by atoms with Gasteiger partial charge in [0.25, 0.3) is 0 Å². The Hall–Kier alpha value is -2.54.